The van der Waals surface area contributed by atoms with Crippen LogP contribution in [0.4, 0.5) is 0 Å². The number of hydrogen-bond donors (Lipinski definition) is 1. The number of nitrogens with one attached hydrogen (secondary N) is 1. The van der Waals surface area contributed by atoms with Gasteiger partial charge in [-0.2, -0.15) is 0 Å². The number of imidazole rings is 1. The van der Waals surface area contributed by atoms with Crippen LogP contribution in [0.15, 0.2) is 41.8 Å². The predicted molar refractivity (Wildman–Crippen MR) is 96.3 cm³/mol. The van der Waals surface area contributed by atoms with Gasteiger partial charge in [-0.15, -0.1) is 0 Å². The fraction of sp³-hybridized carbons (Fsp3) is 0.235. The Balaban J connectivity index is 2.03. The molecule has 0 radical (unpaired) electrons. The van der Waals surface area contributed by atoms with E-state index < -0.39 is 0 Å². The van der Waals surface area contributed by atoms with E-state index in [0.717, 1.165) is 16.9 Å². The topological polar surface area (TPSA) is 77.8 Å². The van der Waals surface area contributed by atoms with Crippen molar-refractivity contribution in [3.05, 3.63) is 36.7 Å². The van der Waals surface area contributed by atoms with Gasteiger partial charge in [-0.1, -0.05) is 11.8 Å². The van der Waals surface area contributed by atoms with Gasteiger partial charge >= 0.3 is 0 Å². The second kappa shape index (κ2) is 7.43. The lowest BCUT2D eigenvalue weighted by Gasteiger charge is -2.11. The molecule has 0 atom stereocenters. The number of methoxy groups -OCH3 is 2. The zero-order chi connectivity index (χ0) is 17.8. The summed E-state index contributed by atoms with van der Waals surface area (Å²) in [4.78, 5) is 20.6. The van der Waals surface area contributed by atoms with Gasteiger partial charge in [-0.05, 0) is 18.2 Å². The molecule has 7 nitrogen and oxygen atoms in total. The molecule has 8 heteroatoms. The smallest absolute Gasteiger partial charge is 0.230 e. The van der Waals surface area contributed by atoms with Gasteiger partial charge in [0.05, 0.1) is 25.7 Å². The van der Waals surface area contributed by atoms with Crippen molar-refractivity contribution in [3.63, 3.8) is 0 Å². The highest BCUT2D eigenvalue weighted by molar-refractivity contribution is 7.99. The van der Waals surface area contributed by atoms with Crippen LogP contribution in [0.5, 0.6) is 11.5 Å². The molecule has 1 aromatic carbocycles. The Kier molecular flexibility index (Phi) is 5.08. The van der Waals surface area contributed by atoms with E-state index in [1.54, 1.807) is 27.5 Å². The minimum atomic E-state index is -0.0587. The van der Waals surface area contributed by atoms with Crippen molar-refractivity contribution in [1.29, 1.82) is 0 Å². The number of rotatable bonds is 6. The van der Waals surface area contributed by atoms with E-state index in [1.807, 2.05) is 34.9 Å². The molecule has 25 heavy (non-hydrogen) atoms. The summed E-state index contributed by atoms with van der Waals surface area (Å²) in [6.45, 7) is 0. The van der Waals surface area contributed by atoms with Gasteiger partial charge in [0, 0.05) is 31.1 Å². The minimum Gasteiger partial charge on any atom is -0.493 e. The Hall–Kier alpha value is -2.74. The van der Waals surface area contributed by atoms with E-state index in [2.05, 4.69) is 10.3 Å². The summed E-state index contributed by atoms with van der Waals surface area (Å²) in [5.41, 5.74) is 2.39. The van der Waals surface area contributed by atoms with E-state index in [1.165, 1.54) is 11.8 Å². The van der Waals surface area contributed by atoms with Gasteiger partial charge in [-0.25, -0.2) is 9.97 Å². The maximum Gasteiger partial charge on any atom is 0.230 e. The van der Waals surface area contributed by atoms with Gasteiger partial charge in [0.2, 0.25) is 5.91 Å². The Labute approximate surface area is 149 Å². The molecule has 0 aliphatic carbocycles. The molecule has 0 bridgehead atoms. The normalized spacial score (nSPS) is 10.7. The molecule has 130 valence electrons. The van der Waals surface area contributed by atoms with Crippen LogP contribution in [-0.2, 0) is 4.79 Å². The summed E-state index contributed by atoms with van der Waals surface area (Å²) < 4.78 is 12.5. The third-order valence-corrected chi connectivity index (χ3v) is 4.60. The number of amides is 1. The number of thioether (sulfide) groups is 1. The number of benzene rings is 1. The van der Waals surface area contributed by atoms with Crippen molar-refractivity contribution in [2.75, 3.05) is 27.0 Å². The fourth-order valence-electron chi connectivity index (χ4n) is 2.34. The number of fused-ring (bicyclic) bond motifs is 1. The Morgan fingerprint density at radius 2 is 2.04 bits per heavy atom. The highest BCUT2D eigenvalue weighted by Crippen LogP contribution is 2.32. The van der Waals surface area contributed by atoms with Crippen LogP contribution in [0.2, 0.25) is 0 Å². The Morgan fingerprint density at radius 3 is 2.76 bits per heavy atom. The lowest BCUT2D eigenvalue weighted by molar-refractivity contribution is -0.118. The summed E-state index contributed by atoms with van der Waals surface area (Å²) >= 11 is 1.36. The molecule has 0 aliphatic rings. The van der Waals surface area contributed by atoms with Crippen molar-refractivity contribution < 1.29 is 14.3 Å². The van der Waals surface area contributed by atoms with Crippen LogP contribution in [0, 0.1) is 0 Å². The summed E-state index contributed by atoms with van der Waals surface area (Å²) in [5, 5.41) is 3.31. The number of carbonyl (C=O) groups excluding carboxylic acids is 1. The molecule has 2 aromatic heterocycles. The molecular formula is C17H18N4O3S. The lowest BCUT2D eigenvalue weighted by Crippen LogP contribution is -2.20. The molecule has 3 rings (SSSR count). The lowest BCUT2D eigenvalue weighted by atomic mass is 10.1. The van der Waals surface area contributed by atoms with Crippen LogP contribution in [0.25, 0.3) is 16.9 Å². The van der Waals surface area contributed by atoms with Gasteiger partial charge in [0.25, 0.3) is 0 Å². The molecule has 3 aromatic rings. The zero-order valence-corrected chi connectivity index (χ0v) is 15.0. The number of carbonyl (C=O) groups is 1. The summed E-state index contributed by atoms with van der Waals surface area (Å²) in [5.74, 6) is 1.51. The molecule has 0 unspecified atom stereocenters. The molecular weight excluding hydrogens is 340 g/mol. The second-order valence-electron chi connectivity index (χ2n) is 5.11. The van der Waals surface area contributed by atoms with Crippen LogP contribution >= 0.6 is 11.8 Å². The molecule has 0 fully saturated rings. The molecule has 0 saturated heterocycles. The van der Waals surface area contributed by atoms with E-state index in [0.29, 0.717) is 16.7 Å². The maximum absolute atomic E-state index is 11.6. The number of hydrogen-bond acceptors (Lipinski definition) is 6. The fourth-order valence-corrected chi connectivity index (χ4v) is 3.20. The van der Waals surface area contributed by atoms with Gasteiger partial charge < -0.3 is 14.8 Å². The highest BCUT2D eigenvalue weighted by atomic mass is 32.2. The summed E-state index contributed by atoms with van der Waals surface area (Å²) in [6, 6.07) is 7.51. The van der Waals surface area contributed by atoms with Gasteiger partial charge in [-0.3, -0.25) is 9.20 Å². The largest absolute Gasteiger partial charge is 0.493 e. The van der Waals surface area contributed by atoms with Crippen molar-refractivity contribution in [3.8, 4) is 22.8 Å². The maximum atomic E-state index is 11.6. The Morgan fingerprint density at radius 1 is 1.24 bits per heavy atom. The molecule has 0 aliphatic heterocycles. The number of aromatic nitrogens is 3. The second-order valence-corrected chi connectivity index (χ2v) is 6.05. The average molecular weight is 358 g/mol. The van der Waals surface area contributed by atoms with E-state index >= 15 is 0 Å². The SMILES string of the molecule is CNC(=O)CSc1nc(-c2ccc(OC)c(OC)c2)cc2nccn12. The molecule has 2 heterocycles. The average Bonchev–Trinajstić information content (AvgIpc) is 3.13. The minimum absolute atomic E-state index is 0.0587. The van der Waals surface area contributed by atoms with Crippen LogP contribution in [-0.4, -0.2) is 47.3 Å². The van der Waals surface area contributed by atoms with Crippen LogP contribution in [0.1, 0.15) is 0 Å². The molecule has 0 spiro atoms. The summed E-state index contributed by atoms with van der Waals surface area (Å²) in [7, 11) is 4.81. The van der Waals surface area contributed by atoms with Gasteiger partial charge in [0.15, 0.2) is 16.7 Å². The molecule has 1 amide bonds. The van der Waals surface area contributed by atoms with Crippen molar-refractivity contribution in [2.45, 2.75) is 5.16 Å². The first-order chi connectivity index (χ1) is 12.2. The zero-order valence-electron chi connectivity index (χ0n) is 14.1. The Bertz CT molecular complexity index is 910. The number of ether oxygens (including phenoxy) is 2. The molecule has 1 N–H and O–H groups in total. The molecule has 0 saturated carbocycles. The number of nitrogens with zero attached hydrogens (tertiary/aromatic N) is 3. The highest BCUT2D eigenvalue weighted by Gasteiger charge is 2.12. The van der Waals surface area contributed by atoms with Gasteiger partial charge in [0.1, 0.15) is 5.65 Å². The van der Waals surface area contributed by atoms with Crippen molar-refractivity contribution in [2.24, 2.45) is 0 Å². The first kappa shape index (κ1) is 17.1. The first-order valence-electron chi connectivity index (χ1n) is 7.56. The van der Waals surface area contributed by atoms with Crippen molar-refractivity contribution in [1.82, 2.24) is 19.7 Å². The third-order valence-electron chi connectivity index (χ3n) is 3.65. The first-order valence-corrected chi connectivity index (χ1v) is 8.54. The van der Waals surface area contributed by atoms with E-state index in [-0.39, 0.29) is 11.7 Å². The van der Waals surface area contributed by atoms with Crippen LogP contribution < -0.4 is 14.8 Å². The van der Waals surface area contributed by atoms with E-state index in [9.17, 15) is 4.79 Å². The third kappa shape index (κ3) is 3.53. The monoisotopic (exact) mass is 358 g/mol. The van der Waals surface area contributed by atoms with Crippen LogP contribution in [0.3, 0.4) is 0 Å². The summed E-state index contributed by atoms with van der Waals surface area (Å²) in [6.07, 6.45) is 3.53. The quantitative estimate of drug-likeness (QED) is 0.538. The van der Waals surface area contributed by atoms with E-state index in [4.69, 9.17) is 14.5 Å². The standard InChI is InChI=1S/C17H18N4O3S/c1-18-16(22)10-25-17-20-12(9-15-19-6-7-21(15)17)11-4-5-13(23-2)14(8-11)24-3/h4-9H,10H2,1-3H3,(H,18,22). The van der Waals surface area contributed by atoms with Crippen molar-refractivity contribution >= 4 is 23.3 Å². The predicted octanol–water partition coefficient (Wildman–Crippen LogP) is 2.25.